The van der Waals surface area contributed by atoms with E-state index in [2.05, 4.69) is 20.4 Å². The summed E-state index contributed by atoms with van der Waals surface area (Å²) in [5, 5.41) is 14.1. The predicted octanol–water partition coefficient (Wildman–Crippen LogP) is 4.41. The van der Waals surface area contributed by atoms with Crippen LogP contribution in [-0.2, 0) is 16.0 Å². The third-order valence-electron chi connectivity index (χ3n) is 5.53. The van der Waals surface area contributed by atoms with Gasteiger partial charge in [-0.25, -0.2) is 14.8 Å². The number of amides is 1. The Hall–Kier alpha value is -4.28. The van der Waals surface area contributed by atoms with Gasteiger partial charge in [-0.15, -0.1) is 0 Å². The Morgan fingerprint density at radius 3 is 2.47 bits per heavy atom. The number of ether oxygens (including phenoxy) is 2. The van der Waals surface area contributed by atoms with E-state index in [0.717, 1.165) is 24.9 Å². The van der Waals surface area contributed by atoms with Crippen LogP contribution < -0.4 is 10.6 Å². The Bertz CT molecular complexity index is 1180. The van der Waals surface area contributed by atoms with Crippen LogP contribution in [0.25, 0.3) is 0 Å². The minimum atomic E-state index is -1.25. The van der Waals surface area contributed by atoms with Gasteiger partial charge in [-0.2, -0.15) is 0 Å². The molecule has 2 aromatic carbocycles. The summed E-state index contributed by atoms with van der Waals surface area (Å²) >= 11 is 0. The molecule has 3 aromatic rings. The van der Waals surface area contributed by atoms with Crippen molar-refractivity contribution >= 4 is 23.6 Å². The zero-order valence-electron chi connectivity index (χ0n) is 21.5. The van der Waals surface area contributed by atoms with E-state index in [4.69, 9.17) is 19.6 Å². The number of carboxylic acid groups (broad SMARTS) is 1. The van der Waals surface area contributed by atoms with Crippen molar-refractivity contribution in [3.8, 4) is 0 Å². The molecule has 1 aromatic heterocycles. The number of morpholine rings is 1. The fraction of sp³-hybridized carbons (Fsp3) is 0.286. The second kappa shape index (κ2) is 15.1. The van der Waals surface area contributed by atoms with Crippen molar-refractivity contribution in [3.05, 3.63) is 96.0 Å². The van der Waals surface area contributed by atoms with E-state index < -0.39 is 6.16 Å². The number of rotatable bonds is 8. The van der Waals surface area contributed by atoms with E-state index in [9.17, 15) is 4.79 Å². The van der Waals surface area contributed by atoms with Gasteiger partial charge in [-0.1, -0.05) is 60.7 Å². The smallest absolute Gasteiger partial charge is 0.450 e. The normalized spacial score (nSPS) is 14.7. The van der Waals surface area contributed by atoms with Crippen LogP contribution >= 0.6 is 0 Å². The first-order valence-corrected chi connectivity index (χ1v) is 12.2. The molecule has 0 saturated carbocycles. The first kappa shape index (κ1) is 28.3. The number of nitrogens with zero attached hydrogens (tertiary/aromatic N) is 3. The number of hydrogen-bond acceptors (Lipinski definition) is 8. The van der Waals surface area contributed by atoms with E-state index in [0.29, 0.717) is 43.4 Å². The quantitative estimate of drug-likeness (QED) is 0.293. The summed E-state index contributed by atoms with van der Waals surface area (Å²) < 4.78 is 9.50. The van der Waals surface area contributed by atoms with Crippen LogP contribution in [0.5, 0.6) is 0 Å². The molecule has 38 heavy (non-hydrogen) atoms. The number of methoxy groups -OCH3 is 1. The monoisotopic (exact) mass is 519 g/mol. The number of carbonyl (C=O) groups excluding carboxylic acids is 1. The van der Waals surface area contributed by atoms with Gasteiger partial charge in [-0.05, 0) is 24.6 Å². The fourth-order valence-corrected chi connectivity index (χ4v) is 3.62. The van der Waals surface area contributed by atoms with E-state index in [1.54, 1.807) is 11.1 Å². The van der Waals surface area contributed by atoms with Crippen molar-refractivity contribution in [3.63, 3.8) is 0 Å². The van der Waals surface area contributed by atoms with Crippen molar-refractivity contribution in [2.75, 3.05) is 38.7 Å². The molecular formula is C28H33N5O5. The minimum Gasteiger partial charge on any atom is -0.450 e. The minimum absolute atomic E-state index is 0.135. The van der Waals surface area contributed by atoms with Crippen LogP contribution in [0, 0.1) is 0 Å². The molecule has 4 rings (SSSR count). The van der Waals surface area contributed by atoms with Gasteiger partial charge in [0, 0.05) is 38.1 Å². The SMILES string of the molecule is C/C=C/CN(Cc1ccccc1)C(=O)c1cnc(C2CNCCO2)nc1Nc1ccccc1.COC(=O)O. The average molecular weight is 520 g/mol. The summed E-state index contributed by atoms with van der Waals surface area (Å²) in [4.78, 5) is 33.9. The number of nitrogens with one attached hydrogen (secondary N) is 2. The average Bonchev–Trinajstić information content (AvgIpc) is 2.96. The number of anilines is 2. The van der Waals surface area contributed by atoms with Crippen LogP contribution in [0.4, 0.5) is 16.3 Å². The molecule has 1 fully saturated rings. The molecule has 0 radical (unpaired) electrons. The highest BCUT2D eigenvalue weighted by atomic mass is 16.6. The Balaban J connectivity index is 0.000000732. The lowest BCUT2D eigenvalue weighted by atomic mass is 10.1. The van der Waals surface area contributed by atoms with Crippen molar-refractivity contribution in [2.24, 2.45) is 0 Å². The molecule has 1 atom stereocenters. The Labute approximate surface area is 222 Å². The van der Waals surface area contributed by atoms with Crippen LogP contribution in [-0.4, -0.2) is 65.4 Å². The zero-order chi connectivity index (χ0) is 27.2. The molecule has 1 aliphatic heterocycles. The van der Waals surface area contributed by atoms with E-state index in [-0.39, 0.29) is 12.0 Å². The van der Waals surface area contributed by atoms with E-state index >= 15 is 0 Å². The number of carbonyl (C=O) groups is 2. The molecule has 2 heterocycles. The van der Waals surface area contributed by atoms with Crippen molar-refractivity contribution in [2.45, 2.75) is 19.6 Å². The molecule has 200 valence electrons. The highest BCUT2D eigenvalue weighted by molar-refractivity contribution is 5.99. The van der Waals surface area contributed by atoms with Gasteiger partial charge < -0.3 is 30.1 Å². The molecular weight excluding hydrogens is 486 g/mol. The lowest BCUT2D eigenvalue weighted by molar-refractivity contribution is 0.0221. The molecule has 1 aliphatic rings. The van der Waals surface area contributed by atoms with Crippen LogP contribution in [0.15, 0.2) is 79.0 Å². The number of para-hydroxylation sites is 1. The van der Waals surface area contributed by atoms with Gasteiger partial charge in [0.2, 0.25) is 0 Å². The van der Waals surface area contributed by atoms with E-state index in [1.165, 1.54) is 0 Å². The molecule has 10 nitrogen and oxygen atoms in total. The first-order chi connectivity index (χ1) is 18.5. The van der Waals surface area contributed by atoms with Crippen molar-refractivity contribution in [1.29, 1.82) is 0 Å². The maximum Gasteiger partial charge on any atom is 0.505 e. The molecule has 1 saturated heterocycles. The second-order valence-electron chi connectivity index (χ2n) is 8.26. The number of benzene rings is 2. The summed E-state index contributed by atoms with van der Waals surface area (Å²) in [6.45, 7) is 4.98. The van der Waals surface area contributed by atoms with Gasteiger partial charge in [0.25, 0.3) is 5.91 Å². The number of allylic oxidation sites excluding steroid dienone is 1. The molecule has 3 N–H and O–H groups in total. The lowest BCUT2D eigenvalue weighted by Gasteiger charge is -2.25. The largest absolute Gasteiger partial charge is 0.505 e. The standard InChI is InChI=1S/C26H29N5O2.C2H4O3/c1-2-3-15-31(19-20-10-6-4-7-11-20)26(32)22-17-28-25(23-18-27-14-16-33-23)30-24(22)29-21-12-8-5-9-13-21;1-5-2(3)4/h2-13,17,23,27H,14-16,18-19H2,1H3,(H,28,29,30);1H3,(H,3,4)/b3-2+;. The Kier molecular flexibility index (Phi) is 11.2. The van der Waals surface area contributed by atoms with Gasteiger partial charge in [0.05, 0.1) is 13.7 Å². The summed E-state index contributed by atoms with van der Waals surface area (Å²) in [7, 11) is 1.10. The summed E-state index contributed by atoms with van der Waals surface area (Å²) in [6, 6.07) is 19.7. The third kappa shape index (κ3) is 8.68. The molecule has 0 spiro atoms. The van der Waals surface area contributed by atoms with Crippen LogP contribution in [0.2, 0.25) is 0 Å². The summed E-state index contributed by atoms with van der Waals surface area (Å²) in [6.07, 6.45) is 4.04. The van der Waals surface area contributed by atoms with Gasteiger partial charge in [0.15, 0.2) is 5.82 Å². The molecule has 0 bridgehead atoms. The highest BCUT2D eigenvalue weighted by Crippen LogP contribution is 2.24. The Morgan fingerprint density at radius 1 is 1.18 bits per heavy atom. The summed E-state index contributed by atoms with van der Waals surface area (Å²) in [5.41, 5.74) is 2.33. The van der Waals surface area contributed by atoms with Gasteiger partial charge in [-0.3, -0.25) is 4.79 Å². The molecule has 1 amide bonds. The van der Waals surface area contributed by atoms with Gasteiger partial charge >= 0.3 is 6.16 Å². The Morgan fingerprint density at radius 2 is 1.87 bits per heavy atom. The van der Waals surface area contributed by atoms with Crippen molar-refractivity contribution in [1.82, 2.24) is 20.2 Å². The van der Waals surface area contributed by atoms with E-state index in [1.807, 2.05) is 79.7 Å². The lowest BCUT2D eigenvalue weighted by Crippen LogP contribution is -2.35. The maximum atomic E-state index is 13.7. The second-order valence-corrected chi connectivity index (χ2v) is 8.26. The van der Waals surface area contributed by atoms with Crippen LogP contribution in [0.1, 0.15) is 34.8 Å². The molecule has 0 aliphatic carbocycles. The van der Waals surface area contributed by atoms with Crippen molar-refractivity contribution < 1.29 is 24.2 Å². The fourth-order valence-electron chi connectivity index (χ4n) is 3.62. The maximum absolute atomic E-state index is 13.7. The molecule has 10 heteroatoms. The highest BCUT2D eigenvalue weighted by Gasteiger charge is 2.24. The third-order valence-corrected chi connectivity index (χ3v) is 5.53. The number of hydrogen-bond donors (Lipinski definition) is 3. The zero-order valence-corrected chi connectivity index (χ0v) is 21.5. The predicted molar refractivity (Wildman–Crippen MR) is 144 cm³/mol. The number of aromatic nitrogens is 2. The summed E-state index contributed by atoms with van der Waals surface area (Å²) in [5.74, 6) is 0.897. The molecule has 1 unspecified atom stereocenters. The topological polar surface area (TPSA) is 126 Å². The van der Waals surface area contributed by atoms with Crippen LogP contribution in [0.3, 0.4) is 0 Å². The van der Waals surface area contributed by atoms with Gasteiger partial charge in [0.1, 0.15) is 17.5 Å². The first-order valence-electron chi connectivity index (χ1n) is 12.2.